The molecule has 5 N–H and O–H groups in total. The topological polar surface area (TPSA) is 155 Å². The molecule has 0 bridgehead atoms. The standard InChI is InChI=1S/2C20H40O4.C10H20O2/c1-15(2,3)13(21)20(18(10,11)12)23-14(16(4,5)6)19(22,24-20)17(7,8)9;1-15(2,3)13-19(21,17(7,8)9)24-14(16(4,5)6)20(22,23-13)18(10,11)12;1-9(2,3)7(11)8(12)10(4,5)6/h2*13-14,21-22H,1-12H3;7,11H,1-6H3. The first kappa shape index (κ1) is 59.3. The van der Waals surface area contributed by atoms with Gasteiger partial charge in [-0.05, 0) is 27.1 Å². The van der Waals surface area contributed by atoms with Gasteiger partial charge in [-0.25, -0.2) is 0 Å². The molecule has 2 heterocycles. The van der Waals surface area contributed by atoms with Crippen molar-refractivity contribution in [3.8, 4) is 0 Å². The Morgan fingerprint density at radius 3 is 0.833 bits per heavy atom. The second kappa shape index (κ2) is 17.3. The fraction of sp³-hybridized carbons (Fsp3) is 0.980. The fourth-order valence-corrected chi connectivity index (χ4v) is 7.42. The number of aliphatic hydroxyl groups is 5. The van der Waals surface area contributed by atoms with Gasteiger partial charge in [-0.3, -0.25) is 4.79 Å². The summed E-state index contributed by atoms with van der Waals surface area (Å²) in [5.41, 5.74) is -4.70. The van der Waals surface area contributed by atoms with Crippen molar-refractivity contribution < 1.29 is 49.3 Å². The van der Waals surface area contributed by atoms with Crippen LogP contribution < -0.4 is 0 Å². The minimum atomic E-state index is -1.51. The van der Waals surface area contributed by atoms with Gasteiger partial charge in [0.25, 0.3) is 0 Å². The largest absolute Gasteiger partial charge is 0.387 e. The summed E-state index contributed by atoms with van der Waals surface area (Å²) < 4.78 is 25.6. The van der Waals surface area contributed by atoms with Crippen molar-refractivity contribution in [3.63, 3.8) is 0 Å². The lowest BCUT2D eigenvalue weighted by molar-refractivity contribution is -0.486. The van der Waals surface area contributed by atoms with Gasteiger partial charge in [-0.15, -0.1) is 0 Å². The molecule has 2 saturated heterocycles. The average Bonchev–Trinajstić information content (AvgIpc) is 3.30. The Balaban J connectivity index is 0.000000922. The van der Waals surface area contributed by atoms with Crippen LogP contribution in [0.3, 0.4) is 0 Å². The second-order valence-corrected chi connectivity index (χ2v) is 28.6. The van der Waals surface area contributed by atoms with Gasteiger partial charge in [-0.2, -0.15) is 0 Å². The monoisotopic (exact) mass is 861 g/mol. The number of rotatable bonds is 2. The van der Waals surface area contributed by atoms with E-state index in [1.165, 1.54) is 0 Å². The third-order valence-corrected chi connectivity index (χ3v) is 11.9. The molecule has 60 heavy (non-hydrogen) atoms. The molecule has 2 rings (SSSR count). The number of hydrogen-bond acceptors (Lipinski definition) is 10. The highest BCUT2D eigenvalue weighted by Gasteiger charge is 2.71. The second-order valence-electron chi connectivity index (χ2n) is 28.6. The first-order valence-corrected chi connectivity index (χ1v) is 22.3. The summed E-state index contributed by atoms with van der Waals surface area (Å²) in [4.78, 5) is 11.6. The molecule has 0 amide bonds. The van der Waals surface area contributed by atoms with Crippen LogP contribution in [0.15, 0.2) is 0 Å². The van der Waals surface area contributed by atoms with E-state index in [0.717, 1.165) is 0 Å². The molecule has 9 unspecified atom stereocenters. The van der Waals surface area contributed by atoms with Crippen molar-refractivity contribution >= 4 is 5.78 Å². The molecule has 2 aliphatic rings. The maximum atomic E-state index is 11.6. The van der Waals surface area contributed by atoms with Crippen molar-refractivity contribution in [1.82, 2.24) is 0 Å². The first-order chi connectivity index (χ1) is 25.4. The van der Waals surface area contributed by atoms with Gasteiger partial charge in [0.05, 0.1) is 0 Å². The lowest BCUT2D eigenvalue weighted by Gasteiger charge is -2.63. The van der Waals surface area contributed by atoms with Crippen LogP contribution in [0.4, 0.5) is 0 Å². The van der Waals surface area contributed by atoms with Crippen LogP contribution in [0.1, 0.15) is 208 Å². The van der Waals surface area contributed by atoms with Crippen molar-refractivity contribution in [2.24, 2.45) is 54.1 Å². The Morgan fingerprint density at radius 2 is 0.683 bits per heavy atom. The zero-order valence-corrected chi connectivity index (χ0v) is 44.7. The van der Waals surface area contributed by atoms with Gasteiger partial charge in [0.1, 0.15) is 30.5 Å². The summed E-state index contributed by atoms with van der Waals surface area (Å²) >= 11 is 0. The number of ketones is 1. The normalized spacial score (nSPS) is 31.7. The Labute approximate surface area is 369 Å². The molecule has 0 saturated carbocycles. The van der Waals surface area contributed by atoms with Crippen LogP contribution >= 0.6 is 0 Å². The van der Waals surface area contributed by atoms with Gasteiger partial charge in [0.2, 0.25) is 11.6 Å². The van der Waals surface area contributed by atoms with E-state index < -0.39 is 97.0 Å². The van der Waals surface area contributed by atoms with Crippen molar-refractivity contribution in [3.05, 3.63) is 0 Å². The third-order valence-electron chi connectivity index (χ3n) is 11.9. The molecule has 2 aliphatic heterocycles. The Bertz CT molecular complexity index is 1350. The van der Waals surface area contributed by atoms with Crippen LogP contribution in [0, 0.1) is 54.1 Å². The summed E-state index contributed by atoms with van der Waals surface area (Å²) in [5.74, 6) is -5.92. The lowest BCUT2D eigenvalue weighted by Crippen LogP contribution is -2.75. The zero-order valence-electron chi connectivity index (χ0n) is 44.7. The van der Waals surface area contributed by atoms with E-state index >= 15 is 0 Å². The van der Waals surface area contributed by atoms with E-state index in [4.69, 9.17) is 18.9 Å². The third kappa shape index (κ3) is 12.6. The summed E-state index contributed by atoms with van der Waals surface area (Å²) in [6.07, 6.45) is -3.68. The lowest BCUT2D eigenvalue weighted by atomic mass is 9.67. The van der Waals surface area contributed by atoms with Crippen LogP contribution in [0.2, 0.25) is 0 Å². The number of ether oxygens (including phenoxy) is 4. The minimum absolute atomic E-state index is 0.0880. The Hall–Kier alpha value is -0.690. The zero-order chi connectivity index (χ0) is 49.3. The smallest absolute Gasteiger partial charge is 0.203 e. The molecule has 0 aliphatic carbocycles. The van der Waals surface area contributed by atoms with Gasteiger partial charge >= 0.3 is 0 Å². The van der Waals surface area contributed by atoms with Crippen LogP contribution in [-0.2, 0) is 23.7 Å². The van der Waals surface area contributed by atoms with E-state index in [-0.39, 0.29) is 16.6 Å². The quantitative estimate of drug-likeness (QED) is 0.181. The molecular formula is C50H100O10. The first-order valence-electron chi connectivity index (χ1n) is 22.3. The summed E-state index contributed by atoms with van der Waals surface area (Å²) in [5, 5.41) is 55.6. The number of aliphatic hydroxyl groups excluding tert-OH is 2. The highest BCUT2D eigenvalue weighted by Crippen LogP contribution is 2.59. The fourth-order valence-electron chi connectivity index (χ4n) is 7.42. The molecule has 0 radical (unpaired) electrons. The molecule has 360 valence electrons. The van der Waals surface area contributed by atoms with Gasteiger partial charge < -0.3 is 44.5 Å². The number of carbonyl (C=O) groups is 1. The van der Waals surface area contributed by atoms with Crippen molar-refractivity contribution in [2.45, 2.75) is 261 Å². The van der Waals surface area contributed by atoms with E-state index in [0.29, 0.717) is 0 Å². The molecule has 10 heteroatoms. The molecular weight excluding hydrogens is 761 g/mol. The Kier molecular flexibility index (Phi) is 17.1. The highest BCUT2D eigenvalue weighted by atomic mass is 16.8. The van der Waals surface area contributed by atoms with E-state index in [1.807, 2.05) is 208 Å². The summed E-state index contributed by atoms with van der Waals surface area (Å²) in [6.45, 7) is 58.4. The SMILES string of the molecule is CC(C)(C)C(=O)C(O)C(C)(C)C.CC(C)(C)C1OC(C(O)C(C)(C)C)(C(C)(C)C)OC1(O)C(C)(C)C.CC(C)(C)C1OC(O)(C(C)(C)C)C(C(C)(C)C)OC1(O)C(C)(C)C. The molecule has 0 aromatic carbocycles. The maximum Gasteiger partial charge on any atom is 0.203 e. The van der Waals surface area contributed by atoms with Crippen molar-refractivity contribution in [1.29, 1.82) is 0 Å². The Morgan fingerprint density at radius 1 is 0.417 bits per heavy atom. The van der Waals surface area contributed by atoms with Gasteiger partial charge in [-0.1, -0.05) is 208 Å². The van der Waals surface area contributed by atoms with Crippen LogP contribution in [-0.4, -0.2) is 85.0 Å². The molecule has 10 nitrogen and oxygen atoms in total. The van der Waals surface area contributed by atoms with Crippen molar-refractivity contribution in [2.75, 3.05) is 0 Å². The van der Waals surface area contributed by atoms with E-state index in [9.17, 15) is 30.3 Å². The van der Waals surface area contributed by atoms with Crippen LogP contribution in [0.25, 0.3) is 0 Å². The minimum Gasteiger partial charge on any atom is -0.387 e. The predicted octanol–water partition coefficient (Wildman–Crippen LogP) is 10.7. The molecule has 0 aromatic heterocycles. The predicted molar refractivity (Wildman–Crippen MR) is 245 cm³/mol. The van der Waals surface area contributed by atoms with E-state index in [1.54, 1.807) is 0 Å². The van der Waals surface area contributed by atoms with E-state index in [2.05, 4.69) is 0 Å². The maximum absolute atomic E-state index is 11.6. The van der Waals surface area contributed by atoms with Gasteiger partial charge in [0, 0.05) is 27.1 Å². The molecule has 0 aromatic rings. The molecule has 9 atom stereocenters. The highest BCUT2D eigenvalue weighted by molar-refractivity contribution is 5.88. The molecule has 0 spiro atoms. The summed E-state index contributed by atoms with van der Waals surface area (Å²) in [7, 11) is 0. The number of Topliss-reactive ketones (excluding diaryl/α,β-unsaturated/α-hetero) is 1. The number of hydrogen-bond donors (Lipinski definition) is 5. The summed E-state index contributed by atoms with van der Waals surface area (Å²) in [6, 6.07) is 0. The number of carbonyl (C=O) groups excluding carboxylic acids is 1. The average molecular weight is 861 g/mol. The molecule has 2 fully saturated rings. The van der Waals surface area contributed by atoms with Crippen LogP contribution in [0.5, 0.6) is 0 Å². The van der Waals surface area contributed by atoms with Gasteiger partial charge in [0.15, 0.2) is 17.4 Å².